The van der Waals surface area contributed by atoms with Crippen molar-refractivity contribution in [2.75, 3.05) is 13.2 Å². The van der Waals surface area contributed by atoms with Crippen LogP contribution in [0.15, 0.2) is 74.9 Å². The second-order valence-corrected chi connectivity index (χ2v) is 8.80. The van der Waals surface area contributed by atoms with E-state index in [1.54, 1.807) is 12.1 Å². The fraction of sp³-hybridized carbons (Fsp3) is 0.286. The third kappa shape index (κ3) is 6.70. The molecule has 1 aliphatic rings. The average molecular weight is 467 g/mol. The second kappa shape index (κ2) is 10.6. The standard InChI is InChI=1S/C21H23ClN2O6S/c22-18-12-19(24-13-16-7-4-8-29-16)17(11-20(18)31(23,26)27)21(25)30-10-9-28-14-15-5-2-1-3-6-15/h1-8,12,17,24H,9-11,13-14H2,(H2,23,26,27). The van der Waals surface area contributed by atoms with Gasteiger partial charge in [-0.25, -0.2) is 13.6 Å². The quantitative estimate of drug-likeness (QED) is 0.408. The van der Waals surface area contributed by atoms with Crippen molar-refractivity contribution in [3.63, 3.8) is 0 Å². The van der Waals surface area contributed by atoms with E-state index in [1.807, 2.05) is 30.3 Å². The Morgan fingerprint density at radius 1 is 1.19 bits per heavy atom. The van der Waals surface area contributed by atoms with Crippen molar-refractivity contribution in [1.29, 1.82) is 0 Å². The van der Waals surface area contributed by atoms with Crippen LogP contribution in [0.5, 0.6) is 0 Å². The molecule has 1 heterocycles. The maximum Gasteiger partial charge on any atom is 0.315 e. The van der Waals surface area contributed by atoms with E-state index in [2.05, 4.69) is 5.32 Å². The van der Waals surface area contributed by atoms with Crippen molar-refractivity contribution in [1.82, 2.24) is 5.32 Å². The number of nitrogens with two attached hydrogens (primary N) is 1. The molecule has 31 heavy (non-hydrogen) atoms. The Labute approximate surface area is 185 Å². The highest BCUT2D eigenvalue weighted by molar-refractivity contribution is 7.93. The number of hydrogen-bond acceptors (Lipinski definition) is 7. The van der Waals surface area contributed by atoms with E-state index in [1.165, 1.54) is 12.3 Å². The zero-order valence-electron chi connectivity index (χ0n) is 16.6. The zero-order chi connectivity index (χ0) is 22.3. The summed E-state index contributed by atoms with van der Waals surface area (Å²) in [5.74, 6) is -0.869. The number of primary sulfonamides is 1. The molecule has 0 saturated carbocycles. The van der Waals surface area contributed by atoms with E-state index in [-0.39, 0.29) is 36.1 Å². The molecule has 1 aromatic heterocycles. The number of halogens is 1. The number of carbonyl (C=O) groups excluding carboxylic acids is 1. The summed E-state index contributed by atoms with van der Waals surface area (Å²) in [5.41, 5.74) is 1.43. The predicted octanol–water partition coefficient (Wildman–Crippen LogP) is 2.77. The van der Waals surface area contributed by atoms with Crippen LogP contribution >= 0.6 is 11.6 Å². The van der Waals surface area contributed by atoms with Gasteiger partial charge >= 0.3 is 5.97 Å². The Morgan fingerprint density at radius 2 is 1.97 bits per heavy atom. The molecule has 0 saturated heterocycles. The number of nitrogens with one attached hydrogen (secondary N) is 1. The SMILES string of the molecule is NS(=O)(=O)C1=C(Cl)C=C(NCc2ccco2)C(C(=O)OCCOCc2ccccc2)C1. The minimum atomic E-state index is -4.06. The van der Waals surface area contributed by atoms with E-state index in [4.69, 9.17) is 30.6 Å². The van der Waals surface area contributed by atoms with Gasteiger partial charge in [-0.15, -0.1) is 0 Å². The molecule has 166 valence electrons. The first kappa shape index (κ1) is 23.1. The highest BCUT2D eigenvalue weighted by Gasteiger charge is 2.34. The third-order valence-electron chi connectivity index (χ3n) is 4.57. The molecule has 1 aromatic carbocycles. The molecule has 0 amide bonds. The maximum atomic E-state index is 12.7. The molecule has 1 aliphatic carbocycles. The van der Waals surface area contributed by atoms with E-state index in [9.17, 15) is 13.2 Å². The molecule has 1 unspecified atom stereocenters. The minimum absolute atomic E-state index is 0.0236. The maximum absolute atomic E-state index is 12.7. The fourth-order valence-corrected chi connectivity index (χ4v) is 4.26. The van der Waals surface area contributed by atoms with Gasteiger partial charge in [-0.05, 0) is 23.8 Å². The summed E-state index contributed by atoms with van der Waals surface area (Å²) in [7, 11) is -4.06. The van der Waals surface area contributed by atoms with Crippen LogP contribution in [0.3, 0.4) is 0 Å². The highest BCUT2D eigenvalue weighted by Crippen LogP contribution is 2.33. The summed E-state index contributed by atoms with van der Waals surface area (Å²) >= 11 is 6.11. The topological polar surface area (TPSA) is 121 Å². The summed E-state index contributed by atoms with van der Waals surface area (Å²) in [6, 6.07) is 13.1. The largest absolute Gasteiger partial charge is 0.467 e. The van der Waals surface area contributed by atoms with Crippen LogP contribution in [0.4, 0.5) is 0 Å². The molecule has 3 N–H and O–H groups in total. The normalized spacial score (nSPS) is 16.7. The zero-order valence-corrected chi connectivity index (χ0v) is 18.2. The third-order valence-corrected chi connectivity index (χ3v) is 6.09. The van der Waals surface area contributed by atoms with Gasteiger partial charge < -0.3 is 19.2 Å². The van der Waals surface area contributed by atoms with Crippen LogP contribution < -0.4 is 10.5 Å². The van der Waals surface area contributed by atoms with Crippen molar-refractivity contribution in [3.05, 3.63) is 81.8 Å². The second-order valence-electron chi connectivity index (χ2n) is 6.81. The molecular weight excluding hydrogens is 444 g/mol. The average Bonchev–Trinajstić information content (AvgIpc) is 3.25. The smallest absolute Gasteiger partial charge is 0.315 e. The number of carbonyl (C=O) groups is 1. The lowest BCUT2D eigenvalue weighted by Gasteiger charge is -2.25. The first-order chi connectivity index (χ1) is 14.8. The molecule has 0 spiro atoms. The summed E-state index contributed by atoms with van der Waals surface area (Å²) in [6.07, 6.45) is 2.71. The van der Waals surface area contributed by atoms with Gasteiger partial charge in [-0.1, -0.05) is 41.9 Å². The lowest BCUT2D eigenvalue weighted by molar-refractivity contribution is -0.149. The van der Waals surface area contributed by atoms with Crippen molar-refractivity contribution in [2.24, 2.45) is 11.1 Å². The van der Waals surface area contributed by atoms with E-state index in [0.29, 0.717) is 18.1 Å². The van der Waals surface area contributed by atoms with Crippen LogP contribution in [0.1, 0.15) is 17.7 Å². The molecule has 8 nitrogen and oxygen atoms in total. The molecule has 1 atom stereocenters. The summed E-state index contributed by atoms with van der Waals surface area (Å²) in [4.78, 5) is 12.5. The van der Waals surface area contributed by atoms with E-state index < -0.39 is 21.9 Å². The van der Waals surface area contributed by atoms with Crippen LogP contribution in [0.25, 0.3) is 0 Å². The highest BCUT2D eigenvalue weighted by atomic mass is 35.5. The van der Waals surface area contributed by atoms with Crippen LogP contribution in [-0.4, -0.2) is 27.6 Å². The van der Waals surface area contributed by atoms with Gasteiger partial charge in [0.15, 0.2) is 0 Å². The molecule has 2 aromatic rings. The Kier molecular flexibility index (Phi) is 7.91. The number of sulfonamides is 1. The van der Waals surface area contributed by atoms with Gasteiger partial charge in [0.05, 0.1) is 36.0 Å². The van der Waals surface area contributed by atoms with Gasteiger partial charge in [0.25, 0.3) is 0 Å². The van der Waals surface area contributed by atoms with Gasteiger partial charge in [0.1, 0.15) is 18.3 Å². The molecular formula is C21H23ClN2O6S. The minimum Gasteiger partial charge on any atom is -0.467 e. The number of allylic oxidation sites excluding steroid dienone is 3. The Hall–Kier alpha value is -2.59. The molecule has 0 aliphatic heterocycles. The Balaban J connectivity index is 1.60. The fourth-order valence-electron chi connectivity index (χ4n) is 3.02. The first-order valence-electron chi connectivity index (χ1n) is 9.52. The van der Waals surface area contributed by atoms with Crippen LogP contribution in [0.2, 0.25) is 0 Å². The van der Waals surface area contributed by atoms with Crippen molar-refractivity contribution in [3.8, 4) is 0 Å². The Bertz CT molecular complexity index is 1050. The van der Waals surface area contributed by atoms with Crippen molar-refractivity contribution in [2.45, 2.75) is 19.6 Å². The number of esters is 1. The van der Waals surface area contributed by atoms with E-state index >= 15 is 0 Å². The molecule has 0 bridgehead atoms. The monoisotopic (exact) mass is 466 g/mol. The lowest BCUT2D eigenvalue weighted by atomic mass is 9.96. The first-order valence-corrected chi connectivity index (χ1v) is 11.4. The number of ether oxygens (including phenoxy) is 2. The summed E-state index contributed by atoms with van der Waals surface area (Å²) in [6.45, 7) is 0.907. The lowest BCUT2D eigenvalue weighted by Crippen LogP contribution is -2.33. The van der Waals surface area contributed by atoms with Gasteiger partial charge in [0.2, 0.25) is 10.0 Å². The van der Waals surface area contributed by atoms with Gasteiger partial charge in [-0.3, -0.25) is 4.79 Å². The van der Waals surface area contributed by atoms with Crippen molar-refractivity contribution >= 4 is 27.6 Å². The predicted molar refractivity (Wildman–Crippen MR) is 115 cm³/mol. The number of hydrogen-bond donors (Lipinski definition) is 2. The molecule has 10 heteroatoms. The molecule has 0 radical (unpaired) electrons. The summed E-state index contributed by atoms with van der Waals surface area (Å²) in [5, 5.41) is 8.27. The number of furan rings is 1. The van der Waals surface area contributed by atoms with E-state index in [0.717, 1.165) is 5.56 Å². The number of benzene rings is 1. The molecule has 3 rings (SSSR count). The molecule has 0 fully saturated rings. The van der Waals surface area contributed by atoms with Crippen molar-refractivity contribution < 1.29 is 27.1 Å². The van der Waals surface area contributed by atoms with Crippen LogP contribution in [-0.2, 0) is 37.4 Å². The van der Waals surface area contributed by atoms with Gasteiger partial charge in [-0.2, -0.15) is 0 Å². The Morgan fingerprint density at radius 3 is 2.65 bits per heavy atom. The summed E-state index contributed by atoms with van der Waals surface area (Å²) < 4.78 is 39.8. The van der Waals surface area contributed by atoms with Gasteiger partial charge in [0, 0.05) is 12.1 Å². The van der Waals surface area contributed by atoms with Crippen LogP contribution in [0, 0.1) is 5.92 Å². The number of rotatable bonds is 10.